The molecule has 0 bridgehead atoms. The molecule has 0 aromatic carbocycles. The Morgan fingerprint density at radius 1 is 1.73 bits per heavy atom. The first-order valence-electron chi connectivity index (χ1n) is 3.33. The van der Waals surface area contributed by atoms with Crippen LogP contribution in [0.1, 0.15) is 6.92 Å². The minimum Gasteiger partial charge on any atom is -0.448 e. The molecule has 0 aliphatic carbocycles. The Kier molecular flexibility index (Phi) is 2.59. The minimum atomic E-state index is 0.496. The fraction of sp³-hybridized carbons (Fsp3) is 0.429. The topological polar surface area (TPSA) is 18.0 Å². The van der Waals surface area contributed by atoms with Gasteiger partial charge in [-0.2, -0.15) is 0 Å². The number of thiocarbonyl (C=S) groups is 1. The number of hydrogen-bond donors (Lipinski definition) is 0. The van der Waals surface area contributed by atoms with Crippen molar-refractivity contribution in [2.75, 3.05) is 0 Å². The van der Waals surface area contributed by atoms with Gasteiger partial charge in [-0.25, -0.2) is 9.13 Å². The first-order chi connectivity index (χ1) is 5.18. The predicted molar refractivity (Wildman–Crippen MR) is 45.0 cm³/mol. The molecule has 11 heavy (non-hydrogen) atoms. The smallest absolute Gasteiger partial charge is 0.246 e. The Balaban J connectivity index is 2.45. The van der Waals surface area contributed by atoms with Gasteiger partial charge in [0.15, 0.2) is 5.05 Å². The molecule has 3 nitrogen and oxygen atoms in total. The van der Waals surface area contributed by atoms with Crippen molar-refractivity contribution < 1.29 is 9.30 Å². The van der Waals surface area contributed by atoms with Gasteiger partial charge in [-0.3, -0.25) is 0 Å². The number of hydrogen-bond acceptors (Lipinski definition) is 2. The van der Waals surface area contributed by atoms with Gasteiger partial charge in [-0.15, -0.1) is 0 Å². The standard InChI is InChI=1S/C7H11N2OS/c1-7(11)10-6-9-4-3-8(2)5-9/h3-5H,6H2,1-2H3/q+1. The first-order valence-corrected chi connectivity index (χ1v) is 3.73. The van der Waals surface area contributed by atoms with Gasteiger partial charge in [0.1, 0.15) is 12.4 Å². The zero-order valence-electron chi connectivity index (χ0n) is 6.65. The second kappa shape index (κ2) is 3.48. The number of imidazole rings is 1. The Bertz CT molecular complexity index is 257. The van der Waals surface area contributed by atoms with Crippen LogP contribution in [0.25, 0.3) is 0 Å². The van der Waals surface area contributed by atoms with E-state index >= 15 is 0 Å². The largest absolute Gasteiger partial charge is 0.448 e. The van der Waals surface area contributed by atoms with Crippen LogP contribution in [0.2, 0.25) is 0 Å². The molecule has 0 radical (unpaired) electrons. The Labute approximate surface area is 71.2 Å². The number of ether oxygens (including phenoxy) is 1. The van der Waals surface area contributed by atoms with Gasteiger partial charge < -0.3 is 4.74 Å². The maximum atomic E-state index is 5.12. The SMILES string of the molecule is CC(=S)OCn1cc[n+](C)c1. The molecule has 1 heterocycles. The maximum absolute atomic E-state index is 5.12. The van der Waals surface area contributed by atoms with E-state index in [1.807, 2.05) is 34.9 Å². The highest BCUT2D eigenvalue weighted by atomic mass is 32.1. The van der Waals surface area contributed by atoms with Crippen LogP contribution in [0.5, 0.6) is 0 Å². The lowest BCUT2D eigenvalue weighted by molar-refractivity contribution is -0.671. The summed E-state index contributed by atoms with van der Waals surface area (Å²) in [6.07, 6.45) is 5.80. The second-order valence-corrected chi connectivity index (χ2v) is 2.93. The van der Waals surface area contributed by atoms with Crippen LogP contribution >= 0.6 is 12.2 Å². The lowest BCUT2D eigenvalue weighted by Gasteiger charge is -1.97. The third-order valence-corrected chi connectivity index (χ3v) is 1.36. The molecule has 0 spiro atoms. The molecule has 60 valence electrons. The summed E-state index contributed by atoms with van der Waals surface area (Å²) in [5.74, 6) is 0. The van der Waals surface area contributed by atoms with E-state index in [0.29, 0.717) is 11.8 Å². The molecule has 0 saturated heterocycles. The minimum absolute atomic E-state index is 0.496. The molecule has 0 N–H and O–H groups in total. The van der Waals surface area contributed by atoms with Gasteiger partial charge >= 0.3 is 0 Å². The van der Waals surface area contributed by atoms with Crippen LogP contribution in [0, 0.1) is 0 Å². The Morgan fingerprint density at radius 2 is 2.45 bits per heavy atom. The summed E-state index contributed by atoms with van der Waals surface area (Å²) in [4.78, 5) is 0. The van der Waals surface area contributed by atoms with E-state index in [1.165, 1.54) is 0 Å². The van der Waals surface area contributed by atoms with Crippen LogP contribution in [0.3, 0.4) is 0 Å². The van der Waals surface area contributed by atoms with Gasteiger partial charge in [0.2, 0.25) is 13.1 Å². The maximum Gasteiger partial charge on any atom is 0.246 e. The average molecular weight is 171 g/mol. The van der Waals surface area contributed by atoms with Crippen LogP contribution < -0.4 is 4.57 Å². The van der Waals surface area contributed by atoms with Crippen molar-refractivity contribution >= 4 is 17.3 Å². The molecule has 0 atom stereocenters. The summed E-state index contributed by atoms with van der Waals surface area (Å²) in [6.45, 7) is 2.26. The molecule has 1 rings (SSSR count). The summed E-state index contributed by atoms with van der Waals surface area (Å²) < 4.78 is 8.98. The molecular formula is C7H11N2OS+. The zero-order valence-corrected chi connectivity index (χ0v) is 7.47. The van der Waals surface area contributed by atoms with Gasteiger partial charge in [0.05, 0.1) is 7.05 Å². The fourth-order valence-corrected chi connectivity index (χ4v) is 0.796. The average Bonchev–Trinajstić information content (AvgIpc) is 2.31. The highest BCUT2D eigenvalue weighted by Crippen LogP contribution is 1.87. The van der Waals surface area contributed by atoms with Crippen LogP contribution in [-0.4, -0.2) is 9.62 Å². The van der Waals surface area contributed by atoms with E-state index in [2.05, 4.69) is 0 Å². The zero-order chi connectivity index (χ0) is 8.27. The van der Waals surface area contributed by atoms with E-state index in [1.54, 1.807) is 6.92 Å². The monoisotopic (exact) mass is 171 g/mol. The Hall–Kier alpha value is -0.900. The molecule has 0 fully saturated rings. The number of aromatic nitrogens is 2. The lowest BCUT2D eigenvalue weighted by Crippen LogP contribution is -2.24. The third-order valence-electron chi connectivity index (χ3n) is 1.24. The molecule has 0 aliphatic rings. The van der Waals surface area contributed by atoms with E-state index in [4.69, 9.17) is 17.0 Å². The first kappa shape index (κ1) is 8.20. The number of rotatable bonds is 2. The third kappa shape index (κ3) is 2.67. The molecule has 0 unspecified atom stereocenters. The number of aryl methyl sites for hydroxylation is 1. The Morgan fingerprint density at radius 3 is 2.91 bits per heavy atom. The van der Waals surface area contributed by atoms with Gasteiger partial charge in [0.25, 0.3) is 0 Å². The fourth-order valence-electron chi connectivity index (χ4n) is 0.744. The quantitative estimate of drug-likeness (QED) is 0.480. The van der Waals surface area contributed by atoms with Crippen molar-refractivity contribution in [3.8, 4) is 0 Å². The van der Waals surface area contributed by atoms with Crippen molar-refractivity contribution in [3.05, 3.63) is 18.7 Å². The van der Waals surface area contributed by atoms with Crippen molar-refractivity contribution in [3.63, 3.8) is 0 Å². The second-order valence-electron chi connectivity index (χ2n) is 2.36. The van der Waals surface area contributed by atoms with E-state index in [0.717, 1.165) is 0 Å². The highest BCUT2D eigenvalue weighted by molar-refractivity contribution is 7.80. The van der Waals surface area contributed by atoms with Crippen molar-refractivity contribution in [1.29, 1.82) is 0 Å². The molecule has 0 aliphatic heterocycles. The van der Waals surface area contributed by atoms with Gasteiger partial charge in [-0.1, -0.05) is 0 Å². The molecule has 1 aromatic heterocycles. The highest BCUT2D eigenvalue weighted by Gasteiger charge is 1.98. The molecule has 0 amide bonds. The van der Waals surface area contributed by atoms with E-state index < -0.39 is 0 Å². The normalized spacial score (nSPS) is 9.64. The van der Waals surface area contributed by atoms with Crippen LogP contribution in [0.15, 0.2) is 18.7 Å². The van der Waals surface area contributed by atoms with E-state index in [-0.39, 0.29) is 0 Å². The van der Waals surface area contributed by atoms with Crippen LogP contribution in [-0.2, 0) is 18.5 Å². The van der Waals surface area contributed by atoms with Crippen LogP contribution in [0.4, 0.5) is 0 Å². The summed E-state index contributed by atoms with van der Waals surface area (Å²) >= 11 is 4.76. The van der Waals surface area contributed by atoms with Gasteiger partial charge in [0, 0.05) is 6.92 Å². The molecule has 1 aromatic rings. The van der Waals surface area contributed by atoms with Crippen molar-refractivity contribution in [2.24, 2.45) is 7.05 Å². The molecular weight excluding hydrogens is 160 g/mol. The van der Waals surface area contributed by atoms with E-state index in [9.17, 15) is 0 Å². The summed E-state index contributed by atoms with van der Waals surface area (Å²) in [5.41, 5.74) is 0. The summed E-state index contributed by atoms with van der Waals surface area (Å²) in [7, 11) is 1.96. The number of nitrogens with zero attached hydrogens (tertiary/aromatic N) is 2. The summed E-state index contributed by atoms with van der Waals surface area (Å²) in [6, 6.07) is 0. The van der Waals surface area contributed by atoms with Crippen molar-refractivity contribution in [1.82, 2.24) is 4.57 Å². The predicted octanol–water partition coefficient (Wildman–Crippen LogP) is 0.634. The molecule has 0 saturated carbocycles. The van der Waals surface area contributed by atoms with Crippen molar-refractivity contribution in [2.45, 2.75) is 13.7 Å². The van der Waals surface area contributed by atoms with Gasteiger partial charge in [-0.05, 0) is 12.2 Å². The molecule has 4 heteroatoms. The lowest BCUT2D eigenvalue weighted by atomic mass is 10.8. The summed E-state index contributed by atoms with van der Waals surface area (Å²) in [5, 5.41) is 0.571.